The second kappa shape index (κ2) is 12.3. The number of rotatable bonds is 9. The van der Waals surface area contributed by atoms with Crippen LogP contribution in [0.15, 0.2) is 48.8 Å². The van der Waals surface area contributed by atoms with Crippen molar-refractivity contribution in [3.8, 4) is 17.3 Å². The van der Waals surface area contributed by atoms with Gasteiger partial charge in [-0.2, -0.15) is 5.10 Å². The summed E-state index contributed by atoms with van der Waals surface area (Å²) in [6, 6.07) is 9.62. The number of pyridine rings is 1. The van der Waals surface area contributed by atoms with Gasteiger partial charge in [0.15, 0.2) is 23.0 Å². The maximum Gasteiger partial charge on any atom is 0.415 e. The Morgan fingerprint density at radius 3 is 2.38 bits per heavy atom. The molecule has 3 heterocycles. The molecule has 4 rings (SSSR count). The van der Waals surface area contributed by atoms with Gasteiger partial charge in [0, 0.05) is 37.9 Å². The van der Waals surface area contributed by atoms with Crippen molar-refractivity contribution < 1.29 is 18.7 Å². The lowest BCUT2D eigenvalue weighted by Crippen LogP contribution is -2.36. The van der Waals surface area contributed by atoms with Crippen molar-refractivity contribution >= 4 is 29.0 Å². The molecule has 3 amide bonds. The Hall–Kier alpha value is -4.61. The van der Waals surface area contributed by atoms with E-state index < -0.39 is 12.1 Å². The van der Waals surface area contributed by atoms with Crippen molar-refractivity contribution in [1.82, 2.24) is 34.5 Å². The van der Waals surface area contributed by atoms with Crippen LogP contribution in [0.1, 0.15) is 33.3 Å². The number of fused-ring (bicyclic) bond motifs is 1. The average Bonchev–Trinajstić information content (AvgIpc) is 3.30. The number of halogens is 1. The van der Waals surface area contributed by atoms with Crippen molar-refractivity contribution in [2.75, 3.05) is 31.5 Å². The predicted octanol–water partition coefficient (Wildman–Crippen LogP) is 4.79. The van der Waals surface area contributed by atoms with Gasteiger partial charge in [0.2, 0.25) is 0 Å². The van der Waals surface area contributed by atoms with Crippen LogP contribution in [-0.2, 0) is 6.54 Å². The zero-order valence-electron chi connectivity index (χ0n) is 22.4. The standard InChI is InChI=1S/C27H31FN8O3/c1-5-34(6-2)26(37)32-23-21(39-27(38)35(7-3)8-4)16-30-24(31-23)22-19-13-11-15-29-25(19)36(33-22)17-18-12-9-10-14-20(18)28/h9-16H,5-8,17H2,1-4H3,(H,30,31,32,37). The van der Waals surface area contributed by atoms with Gasteiger partial charge in [0.1, 0.15) is 11.5 Å². The third-order valence-electron chi connectivity index (χ3n) is 6.25. The number of hydrogen-bond donors (Lipinski definition) is 1. The molecule has 1 aromatic carbocycles. The molecule has 0 aliphatic heterocycles. The maximum atomic E-state index is 14.4. The Morgan fingerprint density at radius 1 is 0.974 bits per heavy atom. The molecule has 1 N–H and O–H groups in total. The van der Waals surface area contributed by atoms with Gasteiger partial charge in [0.25, 0.3) is 0 Å². The molecule has 0 unspecified atom stereocenters. The molecule has 204 valence electrons. The fourth-order valence-electron chi connectivity index (χ4n) is 4.05. The van der Waals surface area contributed by atoms with Crippen LogP contribution < -0.4 is 10.1 Å². The quantitative estimate of drug-likeness (QED) is 0.328. The number of amides is 3. The molecule has 0 atom stereocenters. The Bertz CT molecular complexity index is 1470. The van der Waals surface area contributed by atoms with E-state index in [1.165, 1.54) is 17.2 Å². The molecule has 0 fully saturated rings. The molecule has 11 nitrogen and oxygen atoms in total. The van der Waals surface area contributed by atoms with Crippen molar-refractivity contribution in [3.63, 3.8) is 0 Å². The number of nitrogens with one attached hydrogen (secondary N) is 1. The van der Waals surface area contributed by atoms with Crippen molar-refractivity contribution in [3.05, 3.63) is 60.2 Å². The van der Waals surface area contributed by atoms with E-state index >= 15 is 0 Å². The number of anilines is 1. The smallest absolute Gasteiger partial charge is 0.405 e. The SMILES string of the molecule is CCN(CC)C(=O)Nc1nc(-c2nn(Cc3ccccc3F)c3ncccc23)ncc1OC(=O)N(CC)CC. The van der Waals surface area contributed by atoms with E-state index in [9.17, 15) is 14.0 Å². The van der Waals surface area contributed by atoms with E-state index in [4.69, 9.17) is 4.74 Å². The van der Waals surface area contributed by atoms with E-state index in [2.05, 4.69) is 25.4 Å². The van der Waals surface area contributed by atoms with Crippen LogP contribution in [0.3, 0.4) is 0 Å². The van der Waals surface area contributed by atoms with Crippen molar-refractivity contribution in [1.29, 1.82) is 0 Å². The summed E-state index contributed by atoms with van der Waals surface area (Å²) in [4.78, 5) is 42.0. The second-order valence-corrected chi connectivity index (χ2v) is 8.52. The maximum absolute atomic E-state index is 14.4. The highest BCUT2D eigenvalue weighted by Crippen LogP contribution is 2.29. The zero-order valence-corrected chi connectivity index (χ0v) is 22.4. The lowest BCUT2D eigenvalue weighted by molar-refractivity contribution is 0.157. The minimum atomic E-state index is -0.585. The van der Waals surface area contributed by atoms with Crippen LogP contribution in [0, 0.1) is 5.82 Å². The Kier molecular flexibility index (Phi) is 8.64. The first-order valence-electron chi connectivity index (χ1n) is 12.8. The van der Waals surface area contributed by atoms with Crippen molar-refractivity contribution in [2.45, 2.75) is 34.2 Å². The zero-order chi connectivity index (χ0) is 27.9. The van der Waals surface area contributed by atoms with Gasteiger partial charge < -0.3 is 14.5 Å². The molecule has 0 radical (unpaired) electrons. The van der Waals surface area contributed by atoms with Crippen LogP contribution in [0.5, 0.6) is 5.75 Å². The van der Waals surface area contributed by atoms with Gasteiger partial charge >= 0.3 is 12.1 Å². The Labute approximate surface area is 225 Å². The van der Waals surface area contributed by atoms with Gasteiger partial charge in [-0.05, 0) is 45.9 Å². The normalized spacial score (nSPS) is 10.9. The summed E-state index contributed by atoms with van der Waals surface area (Å²) >= 11 is 0. The van der Waals surface area contributed by atoms with E-state index in [0.717, 1.165) is 0 Å². The molecule has 0 aliphatic rings. The van der Waals surface area contributed by atoms with E-state index in [0.29, 0.717) is 48.5 Å². The molecule has 3 aromatic heterocycles. The molecule has 0 bridgehead atoms. The third-order valence-corrected chi connectivity index (χ3v) is 6.25. The first-order chi connectivity index (χ1) is 18.9. The van der Waals surface area contributed by atoms with Crippen LogP contribution in [0.4, 0.5) is 19.8 Å². The highest BCUT2D eigenvalue weighted by Gasteiger charge is 2.23. The summed E-state index contributed by atoms with van der Waals surface area (Å²) in [6.07, 6.45) is 2.37. The summed E-state index contributed by atoms with van der Waals surface area (Å²) in [7, 11) is 0. The largest absolute Gasteiger partial charge is 0.415 e. The number of urea groups is 1. The fourth-order valence-corrected chi connectivity index (χ4v) is 4.05. The minimum Gasteiger partial charge on any atom is -0.405 e. The second-order valence-electron chi connectivity index (χ2n) is 8.52. The number of benzene rings is 1. The number of hydrogen-bond acceptors (Lipinski definition) is 7. The Balaban J connectivity index is 1.77. The Morgan fingerprint density at radius 2 is 1.69 bits per heavy atom. The van der Waals surface area contributed by atoms with Gasteiger partial charge in [-0.3, -0.25) is 5.32 Å². The van der Waals surface area contributed by atoms with Crippen LogP contribution in [-0.4, -0.2) is 72.8 Å². The molecule has 4 aromatic rings. The summed E-state index contributed by atoms with van der Waals surface area (Å²) in [5, 5.41) is 8.04. The molecule has 0 saturated heterocycles. The fraction of sp³-hybridized carbons (Fsp3) is 0.333. The van der Waals surface area contributed by atoms with Crippen LogP contribution in [0.2, 0.25) is 0 Å². The van der Waals surface area contributed by atoms with E-state index in [1.807, 2.05) is 33.8 Å². The molecule has 0 saturated carbocycles. The molecular formula is C27H31FN8O3. The lowest BCUT2D eigenvalue weighted by atomic mass is 10.2. The molecule has 39 heavy (non-hydrogen) atoms. The van der Waals surface area contributed by atoms with Crippen molar-refractivity contribution in [2.24, 2.45) is 0 Å². The highest BCUT2D eigenvalue weighted by atomic mass is 19.1. The average molecular weight is 535 g/mol. The predicted molar refractivity (Wildman–Crippen MR) is 145 cm³/mol. The highest BCUT2D eigenvalue weighted by molar-refractivity contribution is 5.92. The molecule has 0 spiro atoms. The van der Waals surface area contributed by atoms with Crippen LogP contribution in [0.25, 0.3) is 22.6 Å². The van der Waals surface area contributed by atoms with Gasteiger partial charge in [-0.25, -0.2) is 33.6 Å². The number of carbonyl (C=O) groups is 2. The monoisotopic (exact) mass is 534 g/mol. The summed E-state index contributed by atoms with van der Waals surface area (Å²) in [5.74, 6) is -0.143. The number of ether oxygens (including phenoxy) is 1. The van der Waals surface area contributed by atoms with Gasteiger partial charge in [-0.1, -0.05) is 18.2 Å². The lowest BCUT2D eigenvalue weighted by Gasteiger charge is -2.21. The molecule has 12 heteroatoms. The summed E-state index contributed by atoms with van der Waals surface area (Å²) in [5.41, 5.74) is 1.35. The molecular weight excluding hydrogens is 503 g/mol. The number of aromatic nitrogens is 5. The molecule has 0 aliphatic carbocycles. The first-order valence-corrected chi connectivity index (χ1v) is 12.8. The topological polar surface area (TPSA) is 118 Å². The first kappa shape index (κ1) is 27.4. The minimum absolute atomic E-state index is 0.00405. The van der Waals surface area contributed by atoms with Gasteiger partial charge in [-0.15, -0.1) is 0 Å². The number of carbonyl (C=O) groups excluding carboxylic acids is 2. The third kappa shape index (κ3) is 5.95. The van der Waals surface area contributed by atoms with Gasteiger partial charge in [0.05, 0.1) is 18.1 Å². The van der Waals surface area contributed by atoms with E-state index in [-0.39, 0.29) is 29.8 Å². The summed E-state index contributed by atoms with van der Waals surface area (Å²) in [6.45, 7) is 9.40. The van der Waals surface area contributed by atoms with Crippen LogP contribution >= 0.6 is 0 Å². The van der Waals surface area contributed by atoms with E-state index in [1.54, 1.807) is 40.0 Å². The number of nitrogens with zero attached hydrogens (tertiary/aromatic N) is 7. The summed E-state index contributed by atoms with van der Waals surface area (Å²) < 4.78 is 21.5.